The van der Waals surface area contributed by atoms with Gasteiger partial charge in [-0.2, -0.15) is 5.10 Å². The fraction of sp³-hybridized carbons (Fsp3) is 0.350. The molecule has 140 valence electrons. The molecule has 0 spiro atoms. The van der Waals surface area contributed by atoms with Gasteiger partial charge in [0, 0.05) is 49.7 Å². The number of nitrogens with zero attached hydrogens (tertiary/aromatic N) is 4. The molecule has 7 heteroatoms. The van der Waals surface area contributed by atoms with Crippen molar-refractivity contribution in [3.8, 4) is 10.6 Å². The number of aryl methyl sites for hydroxylation is 1. The van der Waals surface area contributed by atoms with Crippen LogP contribution in [-0.4, -0.2) is 34.3 Å². The van der Waals surface area contributed by atoms with E-state index in [1.807, 2.05) is 49.8 Å². The van der Waals surface area contributed by atoms with Crippen molar-refractivity contribution in [2.24, 2.45) is 13.0 Å². The van der Waals surface area contributed by atoms with Gasteiger partial charge in [0.1, 0.15) is 11.1 Å². The first-order chi connectivity index (χ1) is 13.1. The molecular weight excluding hydrogens is 360 g/mol. The van der Waals surface area contributed by atoms with Crippen LogP contribution < -0.4 is 4.90 Å². The lowest BCUT2D eigenvalue weighted by atomic mass is 9.90. The highest BCUT2D eigenvalue weighted by molar-refractivity contribution is 7.13. The van der Waals surface area contributed by atoms with E-state index in [1.165, 1.54) is 0 Å². The molecule has 1 aromatic carbocycles. The molecule has 0 bridgehead atoms. The van der Waals surface area contributed by atoms with Crippen LogP contribution in [0, 0.1) is 5.92 Å². The first kappa shape index (κ1) is 17.9. The summed E-state index contributed by atoms with van der Waals surface area (Å²) < 4.78 is 7.77. The summed E-state index contributed by atoms with van der Waals surface area (Å²) in [6.07, 6.45) is 5.00. The Morgan fingerprint density at radius 3 is 2.74 bits per heavy atom. The molecule has 0 saturated carbocycles. The van der Waals surface area contributed by atoms with Gasteiger partial charge in [-0.25, -0.2) is 4.98 Å². The number of amides is 1. The maximum absolute atomic E-state index is 13.2. The van der Waals surface area contributed by atoms with E-state index in [-0.39, 0.29) is 17.9 Å². The number of anilines is 1. The molecule has 6 nitrogen and oxygen atoms in total. The molecule has 0 radical (unpaired) electrons. The van der Waals surface area contributed by atoms with Gasteiger partial charge >= 0.3 is 0 Å². The van der Waals surface area contributed by atoms with Gasteiger partial charge in [-0.3, -0.25) is 9.48 Å². The lowest BCUT2D eigenvalue weighted by molar-refractivity contribution is -0.132. The van der Waals surface area contributed by atoms with Gasteiger partial charge in [0.15, 0.2) is 0 Å². The van der Waals surface area contributed by atoms with E-state index < -0.39 is 0 Å². The minimum Gasteiger partial charge on any atom is -0.371 e. The Hall–Kier alpha value is -2.51. The average Bonchev–Trinajstić information content (AvgIpc) is 3.39. The summed E-state index contributed by atoms with van der Waals surface area (Å²) in [4.78, 5) is 19.3. The van der Waals surface area contributed by atoms with Gasteiger partial charge in [-0.05, 0) is 43.2 Å². The second kappa shape index (κ2) is 7.62. The lowest BCUT2D eigenvalue weighted by Crippen LogP contribution is -2.39. The first-order valence-corrected chi connectivity index (χ1v) is 9.90. The van der Waals surface area contributed by atoms with E-state index in [1.54, 1.807) is 33.3 Å². The van der Waals surface area contributed by atoms with E-state index in [4.69, 9.17) is 4.74 Å². The van der Waals surface area contributed by atoms with Crippen molar-refractivity contribution in [2.45, 2.75) is 18.9 Å². The van der Waals surface area contributed by atoms with E-state index in [0.29, 0.717) is 6.61 Å². The Labute approximate surface area is 162 Å². The van der Waals surface area contributed by atoms with Crippen LogP contribution in [0.15, 0.2) is 48.1 Å². The normalized spacial score (nSPS) is 19.8. The zero-order chi connectivity index (χ0) is 18.8. The zero-order valence-corrected chi connectivity index (χ0v) is 16.2. The summed E-state index contributed by atoms with van der Waals surface area (Å²) in [6.45, 7) is 0.672. The number of rotatable bonds is 4. The van der Waals surface area contributed by atoms with E-state index in [0.717, 1.165) is 34.8 Å². The van der Waals surface area contributed by atoms with Crippen molar-refractivity contribution in [1.82, 2.24) is 14.8 Å². The Morgan fingerprint density at radius 2 is 2.07 bits per heavy atom. The first-order valence-electron chi connectivity index (χ1n) is 9.02. The molecule has 1 fully saturated rings. The fourth-order valence-electron chi connectivity index (χ4n) is 3.56. The van der Waals surface area contributed by atoms with Crippen molar-refractivity contribution < 1.29 is 9.53 Å². The molecule has 0 aliphatic carbocycles. The van der Waals surface area contributed by atoms with E-state index in [9.17, 15) is 4.79 Å². The third kappa shape index (κ3) is 3.52. The SMILES string of the molecule is CN(C(=O)[C@@H]1CCCO[C@H]1c1ccnn1C)c1ccc(-c2nccs2)cc1. The summed E-state index contributed by atoms with van der Waals surface area (Å²) in [5, 5.41) is 7.17. The highest BCUT2D eigenvalue weighted by Crippen LogP contribution is 2.35. The topological polar surface area (TPSA) is 60.3 Å². The van der Waals surface area contributed by atoms with Crippen LogP contribution in [0.5, 0.6) is 0 Å². The average molecular weight is 382 g/mol. The minimum atomic E-state index is -0.254. The molecule has 1 amide bonds. The second-order valence-corrected chi connectivity index (χ2v) is 7.60. The van der Waals surface area contributed by atoms with E-state index >= 15 is 0 Å². The van der Waals surface area contributed by atoms with Gasteiger partial charge in [-0.15, -0.1) is 11.3 Å². The van der Waals surface area contributed by atoms with Gasteiger partial charge in [0.2, 0.25) is 5.91 Å². The molecule has 2 aromatic heterocycles. The van der Waals surface area contributed by atoms with Gasteiger partial charge in [-0.1, -0.05) is 0 Å². The second-order valence-electron chi connectivity index (χ2n) is 6.70. The van der Waals surface area contributed by atoms with Crippen LogP contribution in [0.2, 0.25) is 0 Å². The van der Waals surface area contributed by atoms with Crippen molar-refractivity contribution in [2.75, 3.05) is 18.6 Å². The Balaban J connectivity index is 1.54. The maximum atomic E-state index is 13.2. The van der Waals surface area contributed by atoms with Crippen LogP contribution in [0.25, 0.3) is 10.6 Å². The number of benzene rings is 1. The lowest BCUT2D eigenvalue weighted by Gasteiger charge is -2.33. The van der Waals surface area contributed by atoms with Crippen LogP contribution >= 0.6 is 11.3 Å². The summed E-state index contributed by atoms with van der Waals surface area (Å²) in [5.41, 5.74) is 2.87. The molecule has 3 heterocycles. The molecule has 0 N–H and O–H groups in total. The highest BCUT2D eigenvalue weighted by Gasteiger charge is 2.36. The Morgan fingerprint density at radius 1 is 1.26 bits per heavy atom. The number of ether oxygens (including phenoxy) is 1. The zero-order valence-electron chi connectivity index (χ0n) is 15.4. The molecule has 1 aliphatic heterocycles. The Bertz CT molecular complexity index is 904. The monoisotopic (exact) mass is 382 g/mol. The van der Waals surface area contributed by atoms with Crippen LogP contribution in [0.3, 0.4) is 0 Å². The summed E-state index contributed by atoms with van der Waals surface area (Å²) >= 11 is 1.60. The fourth-order valence-corrected chi connectivity index (χ4v) is 4.20. The number of carbonyl (C=O) groups is 1. The standard InChI is InChI=1S/C20H22N4O2S/c1-23(15-7-5-14(6-8-15)19-21-11-13-27-19)20(25)16-4-3-12-26-18(16)17-9-10-22-24(17)2/h5-11,13,16,18H,3-4,12H2,1-2H3/t16-,18-/m1/s1. The number of hydrogen-bond donors (Lipinski definition) is 0. The summed E-state index contributed by atoms with van der Waals surface area (Å²) in [7, 11) is 3.71. The molecule has 3 aromatic rings. The molecule has 27 heavy (non-hydrogen) atoms. The number of hydrogen-bond acceptors (Lipinski definition) is 5. The maximum Gasteiger partial charge on any atom is 0.232 e. The largest absolute Gasteiger partial charge is 0.371 e. The molecule has 4 rings (SSSR count). The Kier molecular flexibility index (Phi) is 5.05. The third-order valence-corrected chi connectivity index (χ3v) is 5.88. The predicted octanol–water partition coefficient (Wildman–Crippen LogP) is 3.67. The minimum absolute atomic E-state index is 0.0721. The van der Waals surface area contributed by atoms with Crippen molar-refractivity contribution >= 4 is 22.9 Å². The van der Waals surface area contributed by atoms with Crippen molar-refractivity contribution in [1.29, 1.82) is 0 Å². The quantitative estimate of drug-likeness (QED) is 0.691. The van der Waals surface area contributed by atoms with Gasteiger partial charge in [0.05, 0.1) is 11.6 Å². The van der Waals surface area contributed by atoms with Crippen LogP contribution in [0.4, 0.5) is 5.69 Å². The summed E-state index contributed by atoms with van der Waals surface area (Å²) in [5.74, 6) is -0.138. The molecule has 1 aliphatic rings. The third-order valence-electron chi connectivity index (χ3n) is 5.05. The molecule has 1 saturated heterocycles. The predicted molar refractivity (Wildman–Crippen MR) is 106 cm³/mol. The molecule has 2 atom stereocenters. The van der Waals surface area contributed by atoms with Crippen LogP contribution in [0.1, 0.15) is 24.6 Å². The highest BCUT2D eigenvalue weighted by atomic mass is 32.1. The van der Waals surface area contributed by atoms with Gasteiger partial charge in [0.25, 0.3) is 0 Å². The number of carbonyl (C=O) groups excluding carboxylic acids is 1. The molecular formula is C20H22N4O2S. The molecule has 0 unspecified atom stereocenters. The van der Waals surface area contributed by atoms with Crippen molar-refractivity contribution in [3.63, 3.8) is 0 Å². The smallest absolute Gasteiger partial charge is 0.232 e. The number of thiazole rings is 1. The van der Waals surface area contributed by atoms with Gasteiger partial charge < -0.3 is 9.64 Å². The van der Waals surface area contributed by atoms with Crippen molar-refractivity contribution in [3.05, 3.63) is 53.8 Å². The van der Waals surface area contributed by atoms with E-state index in [2.05, 4.69) is 10.1 Å². The number of aromatic nitrogens is 3. The summed E-state index contributed by atoms with van der Waals surface area (Å²) in [6, 6.07) is 9.88. The van der Waals surface area contributed by atoms with Crippen LogP contribution in [-0.2, 0) is 16.6 Å².